The maximum atomic E-state index is 13.4. The third-order valence-electron chi connectivity index (χ3n) is 5.50. The zero-order valence-corrected chi connectivity index (χ0v) is 20.7. The highest BCUT2D eigenvalue weighted by Gasteiger charge is 2.31. The number of carbonyl (C=O) groups is 1. The minimum atomic E-state index is -1.26. The summed E-state index contributed by atoms with van der Waals surface area (Å²) in [6.07, 6.45) is 1.38. The largest absolute Gasteiger partial charge is 0.478 e. The van der Waals surface area contributed by atoms with Crippen LogP contribution in [0.2, 0.25) is 5.02 Å². The van der Waals surface area contributed by atoms with Crippen molar-refractivity contribution in [1.82, 2.24) is 29.5 Å². The average molecular weight is 522 g/mol. The van der Waals surface area contributed by atoms with Crippen LogP contribution in [0.25, 0.3) is 22.7 Å². The van der Waals surface area contributed by atoms with Gasteiger partial charge in [-0.15, -0.1) is 0 Å². The molecule has 37 heavy (non-hydrogen) atoms. The number of aryl methyl sites for hydroxylation is 1. The fourth-order valence-electron chi connectivity index (χ4n) is 3.64. The van der Waals surface area contributed by atoms with Gasteiger partial charge in [-0.1, -0.05) is 11.6 Å². The lowest BCUT2D eigenvalue weighted by Crippen LogP contribution is -2.43. The van der Waals surface area contributed by atoms with Crippen LogP contribution in [0.1, 0.15) is 19.5 Å². The lowest BCUT2D eigenvalue weighted by Gasteiger charge is -2.25. The summed E-state index contributed by atoms with van der Waals surface area (Å²) in [5.41, 5.74) is -0.386. The molecule has 0 aliphatic heterocycles. The average Bonchev–Trinajstić information content (AvgIpc) is 3.44. The normalized spacial score (nSPS) is 11.6. The van der Waals surface area contributed by atoms with Crippen LogP contribution >= 0.6 is 11.6 Å². The Morgan fingerprint density at radius 2 is 1.81 bits per heavy atom. The molecular weight excluding hydrogens is 501 g/mol. The Morgan fingerprint density at radius 3 is 2.51 bits per heavy atom. The molecule has 3 aromatic heterocycles. The van der Waals surface area contributed by atoms with Gasteiger partial charge in [-0.05, 0) is 69.3 Å². The van der Waals surface area contributed by atoms with Crippen molar-refractivity contribution in [3.05, 3.63) is 87.7 Å². The number of amides is 1. The number of carbonyl (C=O) groups excluding carboxylic acids is 1. The van der Waals surface area contributed by atoms with Crippen molar-refractivity contribution in [3.8, 4) is 17.4 Å². The predicted octanol–water partition coefficient (Wildman–Crippen LogP) is 4.19. The Hall–Kier alpha value is -4.51. The Kier molecular flexibility index (Phi) is 6.00. The van der Waals surface area contributed by atoms with E-state index in [1.807, 2.05) is 0 Å². The van der Waals surface area contributed by atoms with Gasteiger partial charge in [0.05, 0.1) is 17.6 Å². The van der Waals surface area contributed by atoms with E-state index in [1.54, 1.807) is 51.1 Å². The SMILES string of the molecule is Cc1cc(NC(=O)C(C)(C)Oc2ccc(Cl)cc2)n(-c2nc3c(cnn3-c3ccc(F)cc3)c(=O)[nH]2)n1. The molecule has 0 saturated heterocycles. The predicted molar refractivity (Wildman–Crippen MR) is 136 cm³/mol. The summed E-state index contributed by atoms with van der Waals surface area (Å²) in [7, 11) is 0. The van der Waals surface area contributed by atoms with Crippen molar-refractivity contribution in [3.63, 3.8) is 0 Å². The standard InChI is InChI=1S/C25H21ClFN7O3/c1-14-12-20(29-23(36)25(2,3)37-18-10-4-15(26)5-11-18)34(32-14)24-30-21-19(22(35)31-24)13-28-33(21)17-8-6-16(27)7-9-17/h4-13H,1-3H3,(H,29,36)(H,30,31,35). The van der Waals surface area contributed by atoms with E-state index in [4.69, 9.17) is 16.3 Å². The minimum absolute atomic E-state index is 0.0567. The monoisotopic (exact) mass is 521 g/mol. The molecule has 0 aliphatic rings. The molecule has 12 heteroatoms. The summed E-state index contributed by atoms with van der Waals surface area (Å²) in [5.74, 6) is -0.0583. The second kappa shape index (κ2) is 9.17. The van der Waals surface area contributed by atoms with E-state index in [-0.39, 0.29) is 22.8 Å². The van der Waals surface area contributed by atoms with Crippen molar-refractivity contribution >= 4 is 34.4 Å². The number of H-pyrrole nitrogens is 1. The molecule has 0 atom stereocenters. The van der Waals surface area contributed by atoms with Crippen LogP contribution in [0.3, 0.4) is 0 Å². The third-order valence-corrected chi connectivity index (χ3v) is 5.76. The number of nitrogens with one attached hydrogen (secondary N) is 2. The van der Waals surface area contributed by atoms with Crippen molar-refractivity contribution in [2.75, 3.05) is 5.32 Å². The fraction of sp³-hybridized carbons (Fsp3) is 0.160. The zero-order chi connectivity index (χ0) is 26.3. The van der Waals surface area contributed by atoms with E-state index in [0.717, 1.165) is 0 Å². The quantitative estimate of drug-likeness (QED) is 0.346. The van der Waals surface area contributed by atoms with Crippen molar-refractivity contribution in [2.24, 2.45) is 0 Å². The van der Waals surface area contributed by atoms with Gasteiger partial charge in [-0.2, -0.15) is 19.9 Å². The maximum absolute atomic E-state index is 13.4. The van der Waals surface area contributed by atoms with Gasteiger partial charge in [0.1, 0.15) is 22.8 Å². The molecule has 5 rings (SSSR count). The Balaban J connectivity index is 1.49. The van der Waals surface area contributed by atoms with Gasteiger partial charge in [-0.25, -0.2) is 9.07 Å². The fourth-order valence-corrected chi connectivity index (χ4v) is 3.76. The number of hydrogen-bond acceptors (Lipinski definition) is 6. The molecule has 10 nitrogen and oxygen atoms in total. The molecule has 2 N–H and O–H groups in total. The smallest absolute Gasteiger partial charge is 0.269 e. The Morgan fingerprint density at radius 1 is 1.11 bits per heavy atom. The lowest BCUT2D eigenvalue weighted by atomic mass is 10.1. The Labute approximate surface area is 214 Å². The maximum Gasteiger partial charge on any atom is 0.269 e. The van der Waals surface area contributed by atoms with E-state index in [9.17, 15) is 14.0 Å². The first-order valence-corrected chi connectivity index (χ1v) is 11.6. The first-order valence-electron chi connectivity index (χ1n) is 11.2. The molecule has 3 heterocycles. The summed E-state index contributed by atoms with van der Waals surface area (Å²) in [6, 6.07) is 13.9. The highest BCUT2D eigenvalue weighted by atomic mass is 35.5. The first kappa shape index (κ1) is 24.2. The molecular formula is C25H21ClFN7O3. The van der Waals surface area contributed by atoms with Gasteiger partial charge in [0, 0.05) is 11.1 Å². The molecule has 0 saturated carbocycles. The van der Waals surface area contributed by atoms with Crippen LogP contribution in [-0.4, -0.2) is 41.0 Å². The van der Waals surface area contributed by atoms with E-state index in [1.165, 1.54) is 39.8 Å². The molecule has 0 spiro atoms. The van der Waals surface area contributed by atoms with Crippen LogP contribution in [-0.2, 0) is 4.79 Å². The second-order valence-electron chi connectivity index (χ2n) is 8.76. The van der Waals surface area contributed by atoms with Crippen LogP contribution in [0.4, 0.5) is 10.2 Å². The van der Waals surface area contributed by atoms with E-state index < -0.39 is 22.9 Å². The number of halogens is 2. The van der Waals surface area contributed by atoms with Crippen LogP contribution < -0.4 is 15.6 Å². The van der Waals surface area contributed by atoms with Gasteiger partial charge in [-0.3, -0.25) is 14.6 Å². The molecule has 0 aliphatic carbocycles. The number of rotatable bonds is 6. The molecule has 0 unspecified atom stereocenters. The third kappa shape index (κ3) is 4.81. The zero-order valence-electron chi connectivity index (χ0n) is 20.0. The molecule has 0 bridgehead atoms. The van der Waals surface area contributed by atoms with Gasteiger partial charge < -0.3 is 10.1 Å². The molecule has 5 aromatic rings. The highest BCUT2D eigenvalue weighted by molar-refractivity contribution is 6.30. The van der Waals surface area contributed by atoms with Crippen LogP contribution in [0.15, 0.2) is 65.6 Å². The summed E-state index contributed by atoms with van der Waals surface area (Å²) in [4.78, 5) is 33.2. The topological polar surface area (TPSA) is 120 Å². The lowest BCUT2D eigenvalue weighted by molar-refractivity contribution is -0.128. The molecule has 0 radical (unpaired) electrons. The number of benzene rings is 2. The van der Waals surface area contributed by atoms with E-state index >= 15 is 0 Å². The van der Waals surface area contributed by atoms with Crippen molar-refractivity contribution in [1.29, 1.82) is 0 Å². The number of fused-ring (bicyclic) bond motifs is 1. The molecule has 0 fully saturated rings. The second-order valence-corrected chi connectivity index (χ2v) is 9.20. The number of nitrogens with zero attached hydrogens (tertiary/aromatic N) is 5. The first-order chi connectivity index (χ1) is 17.6. The Bertz CT molecular complexity index is 1670. The highest BCUT2D eigenvalue weighted by Crippen LogP contribution is 2.23. The van der Waals surface area contributed by atoms with Crippen LogP contribution in [0, 0.1) is 12.7 Å². The van der Waals surface area contributed by atoms with E-state index in [0.29, 0.717) is 22.2 Å². The summed E-state index contributed by atoms with van der Waals surface area (Å²) in [6.45, 7) is 4.98. The number of ether oxygens (including phenoxy) is 1. The van der Waals surface area contributed by atoms with Gasteiger partial charge in [0.15, 0.2) is 11.2 Å². The van der Waals surface area contributed by atoms with Crippen LogP contribution in [0.5, 0.6) is 5.75 Å². The summed E-state index contributed by atoms with van der Waals surface area (Å²) >= 11 is 5.93. The number of aromatic amines is 1. The number of aromatic nitrogens is 6. The summed E-state index contributed by atoms with van der Waals surface area (Å²) < 4.78 is 22.0. The van der Waals surface area contributed by atoms with Gasteiger partial charge in [0.25, 0.3) is 11.5 Å². The number of hydrogen-bond donors (Lipinski definition) is 2. The number of anilines is 1. The minimum Gasteiger partial charge on any atom is -0.478 e. The van der Waals surface area contributed by atoms with Gasteiger partial charge in [0.2, 0.25) is 5.95 Å². The molecule has 188 valence electrons. The molecule has 1 amide bonds. The van der Waals surface area contributed by atoms with Crippen molar-refractivity contribution < 1.29 is 13.9 Å². The van der Waals surface area contributed by atoms with Gasteiger partial charge >= 0.3 is 0 Å². The summed E-state index contributed by atoms with van der Waals surface area (Å²) in [5, 5.41) is 12.2. The molecule has 2 aromatic carbocycles. The van der Waals surface area contributed by atoms with E-state index in [2.05, 4.69) is 25.5 Å². The van der Waals surface area contributed by atoms with Crippen molar-refractivity contribution in [2.45, 2.75) is 26.4 Å².